The topological polar surface area (TPSA) is 91.0 Å². The van der Waals surface area contributed by atoms with E-state index in [1.165, 1.54) is 0 Å². The van der Waals surface area contributed by atoms with Crippen LogP contribution in [0.4, 0.5) is 0 Å². The normalized spacial score (nSPS) is 18.6. The third-order valence-corrected chi connectivity index (χ3v) is 5.11. The molecule has 1 aliphatic rings. The summed E-state index contributed by atoms with van der Waals surface area (Å²) >= 11 is 0. The number of amides is 2. The Bertz CT molecular complexity index is 1030. The second kappa shape index (κ2) is 7.87. The zero-order valence-corrected chi connectivity index (χ0v) is 16.4. The van der Waals surface area contributed by atoms with E-state index in [0.29, 0.717) is 35.7 Å². The summed E-state index contributed by atoms with van der Waals surface area (Å²) in [5, 5.41) is 10.2. The van der Waals surface area contributed by atoms with Gasteiger partial charge in [0.25, 0.3) is 11.8 Å². The van der Waals surface area contributed by atoms with Crippen molar-refractivity contribution in [2.45, 2.75) is 32.4 Å². The van der Waals surface area contributed by atoms with Gasteiger partial charge in [-0.1, -0.05) is 35.9 Å². The monoisotopic (exact) mass is 389 g/mol. The van der Waals surface area contributed by atoms with Gasteiger partial charge in [-0.3, -0.25) is 14.7 Å². The van der Waals surface area contributed by atoms with Crippen molar-refractivity contribution in [2.75, 3.05) is 6.54 Å². The fourth-order valence-corrected chi connectivity index (χ4v) is 3.72. The molecule has 148 valence electrons. The number of H-pyrrole nitrogens is 1. The van der Waals surface area contributed by atoms with Gasteiger partial charge in [0, 0.05) is 23.7 Å². The summed E-state index contributed by atoms with van der Waals surface area (Å²) in [4.78, 5) is 32.0. The molecule has 2 heterocycles. The predicted molar refractivity (Wildman–Crippen MR) is 108 cm³/mol. The van der Waals surface area contributed by atoms with E-state index in [1.807, 2.05) is 56.3 Å². The smallest absolute Gasteiger partial charge is 0.254 e. The Morgan fingerprint density at radius 1 is 1.07 bits per heavy atom. The molecule has 29 heavy (non-hydrogen) atoms. The first-order chi connectivity index (χ1) is 14.0. The molecule has 7 nitrogen and oxygen atoms in total. The molecule has 3 aromatic rings. The van der Waals surface area contributed by atoms with Gasteiger partial charge < -0.3 is 10.2 Å². The molecule has 1 saturated heterocycles. The lowest BCUT2D eigenvalue weighted by molar-refractivity contribution is 0.0724. The number of nitrogens with one attached hydrogen (secondary N) is 2. The van der Waals surface area contributed by atoms with Gasteiger partial charge in [0.2, 0.25) is 0 Å². The van der Waals surface area contributed by atoms with Crippen molar-refractivity contribution in [3.63, 3.8) is 0 Å². The third-order valence-electron chi connectivity index (χ3n) is 5.11. The van der Waals surface area contributed by atoms with Crippen LogP contribution in [-0.2, 0) is 0 Å². The molecule has 0 bridgehead atoms. The Hall–Kier alpha value is -3.48. The lowest BCUT2D eigenvalue weighted by Gasteiger charge is -2.22. The van der Waals surface area contributed by atoms with Crippen molar-refractivity contribution in [3.05, 3.63) is 82.9 Å². The molecule has 4 rings (SSSR count). The summed E-state index contributed by atoms with van der Waals surface area (Å²) in [6, 6.07) is 16.1. The van der Waals surface area contributed by atoms with Crippen molar-refractivity contribution >= 4 is 11.8 Å². The predicted octanol–water partition coefficient (Wildman–Crippen LogP) is 2.81. The van der Waals surface area contributed by atoms with E-state index in [1.54, 1.807) is 17.0 Å². The highest BCUT2D eigenvalue weighted by Gasteiger charge is 2.39. The highest BCUT2D eigenvalue weighted by molar-refractivity contribution is 5.96. The molecule has 2 aromatic carbocycles. The van der Waals surface area contributed by atoms with Gasteiger partial charge >= 0.3 is 0 Å². The van der Waals surface area contributed by atoms with Crippen LogP contribution in [0.25, 0.3) is 0 Å². The molecule has 1 aromatic heterocycles. The number of hydrogen-bond acceptors (Lipinski definition) is 4. The van der Waals surface area contributed by atoms with Crippen LogP contribution in [0, 0.1) is 13.8 Å². The first-order valence-electron chi connectivity index (χ1n) is 9.63. The standard InChI is InChI=1S/C22H23N5O2/c1-14-7-6-10-17(11-14)22(29)27-13-18(12-19(27)20-23-15(2)25-26-20)24-21(28)16-8-4-3-5-9-16/h3-11,18-19H,12-13H2,1-2H3,(H,24,28)(H,23,25,26)/t18-,19-/m0/s1. The molecule has 0 radical (unpaired) electrons. The molecule has 1 fully saturated rings. The fraction of sp³-hybridized carbons (Fsp3) is 0.273. The minimum atomic E-state index is -0.297. The summed E-state index contributed by atoms with van der Waals surface area (Å²) in [6.45, 7) is 4.19. The second-order valence-corrected chi connectivity index (χ2v) is 7.39. The van der Waals surface area contributed by atoms with Crippen LogP contribution < -0.4 is 5.32 Å². The highest BCUT2D eigenvalue weighted by atomic mass is 16.2. The molecule has 7 heteroatoms. The molecular formula is C22H23N5O2. The third kappa shape index (κ3) is 4.03. The number of aromatic amines is 1. The van der Waals surface area contributed by atoms with Crippen LogP contribution in [-0.4, -0.2) is 44.5 Å². The van der Waals surface area contributed by atoms with E-state index in [9.17, 15) is 9.59 Å². The first-order valence-corrected chi connectivity index (χ1v) is 9.63. The van der Waals surface area contributed by atoms with Gasteiger partial charge in [-0.2, -0.15) is 5.10 Å². The quantitative estimate of drug-likeness (QED) is 0.718. The van der Waals surface area contributed by atoms with Gasteiger partial charge in [-0.05, 0) is 44.5 Å². The van der Waals surface area contributed by atoms with E-state index < -0.39 is 0 Å². The molecule has 0 spiro atoms. The molecule has 0 aliphatic carbocycles. The summed E-state index contributed by atoms with van der Waals surface area (Å²) in [5.74, 6) is 1.03. The summed E-state index contributed by atoms with van der Waals surface area (Å²) in [6.07, 6.45) is 0.563. The lowest BCUT2D eigenvalue weighted by atomic mass is 10.1. The van der Waals surface area contributed by atoms with E-state index >= 15 is 0 Å². The van der Waals surface area contributed by atoms with Gasteiger partial charge in [-0.15, -0.1) is 0 Å². The van der Waals surface area contributed by atoms with Gasteiger partial charge in [0.05, 0.1) is 6.04 Å². The average molecular weight is 389 g/mol. The molecule has 0 saturated carbocycles. The SMILES string of the molecule is Cc1cccc(C(=O)N2C[C@@H](NC(=O)c3ccccc3)C[C@H]2c2n[nH]c(C)n2)c1. The van der Waals surface area contributed by atoms with Crippen LogP contribution >= 0.6 is 0 Å². The number of carbonyl (C=O) groups is 2. The summed E-state index contributed by atoms with van der Waals surface area (Å²) < 4.78 is 0. The van der Waals surface area contributed by atoms with E-state index in [-0.39, 0.29) is 23.9 Å². The zero-order chi connectivity index (χ0) is 20.4. The Kier molecular flexibility index (Phi) is 5.12. The Morgan fingerprint density at radius 2 is 1.83 bits per heavy atom. The minimum Gasteiger partial charge on any atom is -0.347 e. The van der Waals surface area contributed by atoms with E-state index in [4.69, 9.17) is 0 Å². The molecule has 1 aliphatic heterocycles. The minimum absolute atomic E-state index is 0.0855. The summed E-state index contributed by atoms with van der Waals surface area (Å²) in [5.41, 5.74) is 2.24. The molecule has 2 amide bonds. The zero-order valence-electron chi connectivity index (χ0n) is 16.4. The molecular weight excluding hydrogens is 366 g/mol. The number of likely N-dealkylation sites (tertiary alicyclic amines) is 1. The van der Waals surface area contributed by atoms with Crippen LogP contribution in [0.5, 0.6) is 0 Å². The second-order valence-electron chi connectivity index (χ2n) is 7.39. The van der Waals surface area contributed by atoms with Crippen LogP contribution in [0.1, 0.15) is 50.4 Å². The van der Waals surface area contributed by atoms with Crippen LogP contribution in [0.2, 0.25) is 0 Å². The van der Waals surface area contributed by atoms with Gasteiger partial charge in [-0.25, -0.2) is 4.98 Å². The number of nitrogens with zero attached hydrogens (tertiary/aromatic N) is 3. The van der Waals surface area contributed by atoms with Crippen molar-refractivity contribution < 1.29 is 9.59 Å². The fourth-order valence-electron chi connectivity index (χ4n) is 3.72. The maximum atomic E-state index is 13.2. The largest absolute Gasteiger partial charge is 0.347 e. The first kappa shape index (κ1) is 18.9. The van der Waals surface area contributed by atoms with Crippen molar-refractivity contribution in [2.24, 2.45) is 0 Å². The van der Waals surface area contributed by atoms with Gasteiger partial charge in [0.1, 0.15) is 5.82 Å². The molecule has 2 atom stereocenters. The number of hydrogen-bond donors (Lipinski definition) is 2. The maximum Gasteiger partial charge on any atom is 0.254 e. The maximum absolute atomic E-state index is 13.2. The Balaban J connectivity index is 1.58. The average Bonchev–Trinajstić information content (AvgIpc) is 3.34. The molecule has 2 N–H and O–H groups in total. The van der Waals surface area contributed by atoms with Crippen LogP contribution in [0.3, 0.4) is 0 Å². The lowest BCUT2D eigenvalue weighted by Crippen LogP contribution is -2.38. The Labute approximate surface area is 169 Å². The number of aromatic nitrogens is 3. The number of rotatable bonds is 4. The van der Waals surface area contributed by atoms with Gasteiger partial charge in [0.15, 0.2) is 5.82 Å². The van der Waals surface area contributed by atoms with Crippen molar-refractivity contribution in [1.82, 2.24) is 25.4 Å². The number of benzene rings is 2. The number of aryl methyl sites for hydroxylation is 2. The van der Waals surface area contributed by atoms with Crippen molar-refractivity contribution in [1.29, 1.82) is 0 Å². The van der Waals surface area contributed by atoms with Crippen molar-refractivity contribution in [3.8, 4) is 0 Å². The van der Waals surface area contributed by atoms with E-state index in [0.717, 1.165) is 5.56 Å². The van der Waals surface area contributed by atoms with E-state index in [2.05, 4.69) is 20.5 Å². The summed E-state index contributed by atoms with van der Waals surface area (Å²) in [7, 11) is 0. The van der Waals surface area contributed by atoms with Crippen LogP contribution in [0.15, 0.2) is 54.6 Å². The number of carbonyl (C=O) groups excluding carboxylic acids is 2. The highest BCUT2D eigenvalue weighted by Crippen LogP contribution is 2.32. The molecule has 0 unspecified atom stereocenters. The Morgan fingerprint density at radius 3 is 2.52 bits per heavy atom.